The van der Waals surface area contributed by atoms with E-state index in [0.29, 0.717) is 0 Å². The first kappa shape index (κ1) is 16.7. The highest BCUT2D eigenvalue weighted by Crippen LogP contribution is 2.20. The minimum atomic E-state index is -3.55. The monoisotopic (exact) mass is 299 g/mol. The lowest BCUT2D eigenvalue weighted by atomic mass is 10.2. The molecule has 0 aliphatic carbocycles. The second kappa shape index (κ2) is 6.37. The number of hydrogen-bond donors (Lipinski definition) is 1. The molecule has 0 unspecified atom stereocenters. The normalized spacial score (nSPS) is 15.9. The zero-order chi connectivity index (χ0) is 15.4. The quantitative estimate of drug-likeness (QED) is 0.863. The molecule has 1 N–H and O–H groups in total. The van der Waals surface area contributed by atoms with Crippen LogP contribution in [0.15, 0.2) is 29.2 Å². The average Bonchev–Trinajstić information content (AvgIpc) is 2.69. The van der Waals surface area contributed by atoms with Gasteiger partial charge < -0.3 is 4.48 Å². The van der Waals surface area contributed by atoms with E-state index in [2.05, 4.69) is 27.8 Å². The van der Waals surface area contributed by atoms with Crippen LogP contribution < -0.4 is 4.72 Å². The first-order valence-electron chi connectivity index (χ1n) is 6.79. The Bertz CT molecular complexity index is 570. The van der Waals surface area contributed by atoms with E-state index in [-0.39, 0.29) is 10.5 Å². The largest absolute Gasteiger partial charge is 0.327 e. The van der Waals surface area contributed by atoms with Crippen LogP contribution in [-0.2, 0) is 10.0 Å². The Labute approximate surface area is 121 Å². The van der Waals surface area contributed by atoms with Crippen LogP contribution in [0, 0.1) is 0 Å². The number of hydrogen-bond acceptors (Lipinski definition) is 3. The second-order valence-corrected chi connectivity index (χ2v) is 6.65. The number of nitrogens with one attached hydrogen (secondary N) is 1. The smallest absolute Gasteiger partial charge is 0.266 e. The Morgan fingerprint density at radius 3 is 1.95 bits per heavy atom. The molecule has 1 aromatic rings. The van der Waals surface area contributed by atoms with Gasteiger partial charge in [-0.15, -0.1) is 0 Å². The molecule has 0 atom stereocenters. The van der Waals surface area contributed by atoms with Gasteiger partial charge in [-0.1, -0.05) is 12.1 Å². The van der Waals surface area contributed by atoms with Gasteiger partial charge in [-0.05, 0) is 32.9 Å². The molecule has 20 heavy (non-hydrogen) atoms. The number of carbonyl (C=O) groups is 1. The molecule has 1 aliphatic rings. The van der Waals surface area contributed by atoms with Crippen molar-refractivity contribution in [3.63, 3.8) is 0 Å². The highest BCUT2D eigenvalue weighted by molar-refractivity contribution is 7.90. The van der Waals surface area contributed by atoms with E-state index in [1.165, 1.54) is 36.3 Å². The fraction of sp³-hybridized carbons (Fsp3) is 0.500. The molecule has 0 spiro atoms. The first-order valence-corrected chi connectivity index (χ1v) is 8.27. The van der Waals surface area contributed by atoms with Crippen molar-refractivity contribution < 1.29 is 17.7 Å². The molecule has 0 bridgehead atoms. The summed E-state index contributed by atoms with van der Waals surface area (Å²) in [6.45, 7) is 10.5. The van der Waals surface area contributed by atoms with E-state index in [0.717, 1.165) is 0 Å². The summed E-state index contributed by atoms with van der Waals surface area (Å²) >= 11 is 0. The zero-order valence-electron chi connectivity index (χ0n) is 12.5. The van der Waals surface area contributed by atoms with Crippen molar-refractivity contribution in [2.75, 3.05) is 26.7 Å². The lowest BCUT2D eigenvalue weighted by Crippen LogP contribution is -2.42. The standard InChI is InChI=1S/C7H5NO3S.C7H18N/c9-7-5-3-1-2-4-6(5)12(10,11)8-7;1-5-8(4,6-2)7-3/h1-4H,(H,8,9);5-7H2,1-4H3/q;+1. The number of amides is 1. The van der Waals surface area contributed by atoms with Gasteiger partial charge in [-0.25, -0.2) is 13.1 Å². The van der Waals surface area contributed by atoms with Crippen LogP contribution in [0.5, 0.6) is 0 Å². The van der Waals surface area contributed by atoms with Gasteiger partial charge in [0.1, 0.15) is 4.90 Å². The van der Waals surface area contributed by atoms with Crippen LogP contribution in [0.1, 0.15) is 31.1 Å². The molecule has 0 aromatic heterocycles. The Kier molecular flexibility index (Phi) is 5.30. The molecular weight excluding hydrogens is 276 g/mol. The van der Waals surface area contributed by atoms with Gasteiger partial charge in [0.25, 0.3) is 15.9 Å². The minimum absolute atomic E-state index is 0.0648. The topological polar surface area (TPSA) is 63.2 Å². The number of fused-ring (bicyclic) bond motifs is 1. The van der Waals surface area contributed by atoms with Crippen molar-refractivity contribution in [1.29, 1.82) is 0 Å². The van der Waals surface area contributed by atoms with Gasteiger partial charge in [-0.3, -0.25) is 4.79 Å². The van der Waals surface area contributed by atoms with Gasteiger partial charge in [0, 0.05) is 0 Å². The molecule has 1 heterocycles. The molecule has 1 aliphatic heterocycles. The fourth-order valence-electron chi connectivity index (χ4n) is 1.79. The van der Waals surface area contributed by atoms with Crippen LogP contribution in [0.25, 0.3) is 0 Å². The summed E-state index contributed by atoms with van der Waals surface area (Å²) in [6.07, 6.45) is 0. The number of quaternary nitrogens is 1. The van der Waals surface area contributed by atoms with Crippen LogP contribution in [-0.4, -0.2) is 45.5 Å². The molecule has 0 saturated heterocycles. The van der Waals surface area contributed by atoms with Crippen molar-refractivity contribution in [1.82, 2.24) is 4.72 Å². The summed E-state index contributed by atoms with van der Waals surface area (Å²) in [6, 6.07) is 6.09. The molecule has 1 aromatic carbocycles. The van der Waals surface area contributed by atoms with Crippen LogP contribution >= 0.6 is 0 Å². The van der Waals surface area contributed by atoms with Crippen LogP contribution in [0.3, 0.4) is 0 Å². The van der Waals surface area contributed by atoms with Crippen molar-refractivity contribution in [3.05, 3.63) is 29.8 Å². The Hall–Kier alpha value is -1.40. The van der Waals surface area contributed by atoms with E-state index in [1.807, 2.05) is 4.72 Å². The third-order valence-electron chi connectivity index (χ3n) is 3.94. The summed E-state index contributed by atoms with van der Waals surface area (Å²) in [4.78, 5) is 11.1. The van der Waals surface area contributed by atoms with Crippen molar-refractivity contribution in [2.24, 2.45) is 0 Å². The van der Waals surface area contributed by atoms with E-state index in [1.54, 1.807) is 12.1 Å². The van der Waals surface area contributed by atoms with E-state index in [4.69, 9.17) is 0 Å². The van der Waals surface area contributed by atoms with Crippen LogP contribution in [0.2, 0.25) is 0 Å². The Morgan fingerprint density at radius 2 is 1.55 bits per heavy atom. The summed E-state index contributed by atoms with van der Waals surface area (Å²) in [7, 11) is -1.26. The van der Waals surface area contributed by atoms with Crippen molar-refractivity contribution in [3.8, 4) is 0 Å². The maximum absolute atomic E-state index is 11.1. The number of carbonyl (C=O) groups excluding carboxylic acids is 1. The number of rotatable bonds is 3. The fourth-order valence-corrected chi connectivity index (χ4v) is 2.96. The number of benzene rings is 1. The Balaban J connectivity index is 0.000000221. The average molecular weight is 299 g/mol. The van der Waals surface area contributed by atoms with Gasteiger partial charge in [0.2, 0.25) is 0 Å². The molecule has 112 valence electrons. The first-order chi connectivity index (χ1) is 9.29. The van der Waals surface area contributed by atoms with E-state index in [9.17, 15) is 13.2 Å². The SMILES string of the molecule is CC[N+](C)(CC)CC.O=C1NS(=O)(=O)c2ccccc21. The second-order valence-electron chi connectivity index (χ2n) is 5.00. The van der Waals surface area contributed by atoms with Gasteiger partial charge in [0.05, 0.1) is 32.2 Å². The summed E-state index contributed by atoms with van der Waals surface area (Å²) in [5.41, 5.74) is 0.220. The highest BCUT2D eigenvalue weighted by atomic mass is 32.2. The van der Waals surface area contributed by atoms with E-state index < -0.39 is 15.9 Å². The third kappa shape index (κ3) is 3.58. The summed E-state index contributed by atoms with van der Waals surface area (Å²) in [5, 5.41) is 0. The molecule has 0 saturated carbocycles. The van der Waals surface area contributed by atoms with Crippen LogP contribution in [0.4, 0.5) is 0 Å². The zero-order valence-corrected chi connectivity index (χ0v) is 13.3. The third-order valence-corrected chi connectivity index (χ3v) is 5.33. The number of sulfonamides is 1. The molecule has 5 nitrogen and oxygen atoms in total. The maximum Gasteiger partial charge on any atom is 0.266 e. The summed E-state index contributed by atoms with van der Waals surface area (Å²) in [5.74, 6) is -0.550. The van der Waals surface area contributed by atoms with Gasteiger partial charge in [-0.2, -0.15) is 0 Å². The predicted molar refractivity (Wildman–Crippen MR) is 78.9 cm³/mol. The highest BCUT2D eigenvalue weighted by Gasteiger charge is 2.31. The van der Waals surface area contributed by atoms with Crippen molar-refractivity contribution >= 4 is 15.9 Å². The van der Waals surface area contributed by atoms with Gasteiger partial charge in [0.15, 0.2) is 0 Å². The minimum Gasteiger partial charge on any atom is -0.327 e. The molecule has 0 radical (unpaired) electrons. The number of nitrogens with zero attached hydrogens (tertiary/aromatic N) is 1. The predicted octanol–water partition coefficient (Wildman–Crippen LogP) is 1.61. The lowest BCUT2D eigenvalue weighted by molar-refractivity contribution is -0.904. The molecule has 0 fully saturated rings. The lowest BCUT2D eigenvalue weighted by Gasteiger charge is -2.30. The molecule has 1 amide bonds. The Morgan fingerprint density at radius 1 is 1.05 bits per heavy atom. The molecular formula is C14H23N2O3S+. The molecule has 6 heteroatoms. The van der Waals surface area contributed by atoms with Crippen molar-refractivity contribution in [2.45, 2.75) is 25.7 Å². The molecule has 2 rings (SSSR count). The van der Waals surface area contributed by atoms with E-state index >= 15 is 0 Å². The summed E-state index contributed by atoms with van der Waals surface area (Å²) < 4.78 is 25.4. The van der Waals surface area contributed by atoms with Gasteiger partial charge >= 0.3 is 0 Å². The maximum atomic E-state index is 11.1.